The average molecular weight is 157 g/mol. The van der Waals surface area contributed by atoms with Crippen LogP contribution in [-0.2, 0) is 0 Å². The molecule has 0 N–H and O–H groups in total. The summed E-state index contributed by atoms with van der Waals surface area (Å²) in [5.41, 5.74) is 0.938. The number of benzene rings is 1. The number of hydrogen-bond donors (Lipinski definition) is 0. The van der Waals surface area contributed by atoms with Crippen molar-refractivity contribution < 1.29 is 0 Å². The number of thiophene rings is 1. The normalized spacial score (nSPS) is 9.73. The molecule has 0 aliphatic carbocycles. The Labute approximate surface area is 69.5 Å². The molecule has 0 saturated heterocycles. The minimum absolute atomic E-state index is 0.938. The number of fused-ring (bicyclic) bond motifs is 1. The topological polar surface area (TPSA) is 0 Å². The summed E-state index contributed by atoms with van der Waals surface area (Å²) in [5, 5.41) is 4.28. The van der Waals surface area contributed by atoms with Crippen molar-refractivity contribution in [1.29, 1.82) is 0 Å². The van der Waals surface area contributed by atoms with Gasteiger partial charge in [-0.15, -0.1) is 17.8 Å². The Balaban J connectivity index is 2.79. The van der Waals surface area contributed by atoms with E-state index in [-0.39, 0.29) is 0 Å². The standard InChI is InChI=1S/C10H5S/c1-2-8-3-4-9-5-6-11-10(9)7-8/h1,3-5,7H. The Morgan fingerprint density at radius 1 is 1.45 bits per heavy atom. The molecule has 2 rings (SSSR count). The molecule has 0 atom stereocenters. The van der Waals surface area contributed by atoms with Gasteiger partial charge in [0.25, 0.3) is 0 Å². The molecule has 0 unspecified atom stereocenters. The van der Waals surface area contributed by atoms with Crippen molar-refractivity contribution in [2.45, 2.75) is 0 Å². The highest BCUT2D eigenvalue weighted by Crippen LogP contribution is 2.20. The monoisotopic (exact) mass is 157 g/mol. The lowest BCUT2D eigenvalue weighted by Gasteiger charge is -1.89. The average Bonchev–Trinajstić information content (AvgIpc) is 2.50. The van der Waals surface area contributed by atoms with Gasteiger partial charge >= 0.3 is 0 Å². The number of rotatable bonds is 0. The van der Waals surface area contributed by atoms with Crippen molar-refractivity contribution in [2.75, 3.05) is 0 Å². The summed E-state index contributed by atoms with van der Waals surface area (Å²) in [6.07, 6.45) is 5.25. The molecule has 1 radical (unpaired) electrons. The van der Waals surface area contributed by atoms with E-state index in [1.54, 1.807) is 11.3 Å². The van der Waals surface area contributed by atoms with Gasteiger partial charge in [0.2, 0.25) is 0 Å². The van der Waals surface area contributed by atoms with Crippen LogP contribution in [0.4, 0.5) is 0 Å². The highest BCUT2D eigenvalue weighted by molar-refractivity contribution is 7.16. The molecule has 0 aliphatic rings. The van der Waals surface area contributed by atoms with E-state index in [1.165, 1.54) is 10.1 Å². The largest absolute Gasteiger partial charge is 0.134 e. The van der Waals surface area contributed by atoms with E-state index in [9.17, 15) is 0 Å². The Bertz CT molecular complexity index is 418. The van der Waals surface area contributed by atoms with Crippen molar-refractivity contribution in [2.24, 2.45) is 0 Å². The van der Waals surface area contributed by atoms with Crippen LogP contribution in [-0.4, -0.2) is 0 Å². The summed E-state index contributed by atoms with van der Waals surface area (Å²) in [6.45, 7) is 0. The van der Waals surface area contributed by atoms with Crippen LogP contribution >= 0.6 is 11.3 Å². The molecule has 0 bridgehead atoms. The third-order valence-corrected chi connectivity index (χ3v) is 2.37. The van der Waals surface area contributed by atoms with Crippen molar-refractivity contribution in [3.05, 3.63) is 35.2 Å². The zero-order valence-electron chi connectivity index (χ0n) is 5.79. The zero-order valence-corrected chi connectivity index (χ0v) is 6.61. The smallest absolute Gasteiger partial charge is 0.0455 e. The highest BCUT2D eigenvalue weighted by atomic mass is 32.1. The van der Waals surface area contributed by atoms with Crippen molar-refractivity contribution in [1.82, 2.24) is 0 Å². The predicted molar refractivity (Wildman–Crippen MR) is 48.6 cm³/mol. The first kappa shape index (κ1) is 6.45. The Kier molecular flexibility index (Phi) is 1.41. The fourth-order valence-corrected chi connectivity index (χ4v) is 1.73. The molecule has 1 aromatic carbocycles. The third kappa shape index (κ3) is 1.02. The predicted octanol–water partition coefficient (Wildman–Crippen LogP) is 2.68. The van der Waals surface area contributed by atoms with Crippen LogP contribution < -0.4 is 0 Å². The van der Waals surface area contributed by atoms with Gasteiger partial charge in [-0.2, -0.15) is 0 Å². The van der Waals surface area contributed by atoms with Gasteiger partial charge in [0.15, 0.2) is 0 Å². The Morgan fingerprint density at radius 3 is 3.18 bits per heavy atom. The molecule has 11 heavy (non-hydrogen) atoms. The van der Waals surface area contributed by atoms with Gasteiger partial charge in [-0.1, -0.05) is 12.0 Å². The summed E-state index contributed by atoms with van der Waals surface area (Å²) in [6, 6.07) is 7.96. The van der Waals surface area contributed by atoms with Crippen LogP contribution in [0.15, 0.2) is 24.3 Å². The van der Waals surface area contributed by atoms with E-state index in [0.717, 1.165) is 5.56 Å². The van der Waals surface area contributed by atoms with Crippen LogP contribution in [0.3, 0.4) is 0 Å². The minimum Gasteiger partial charge on any atom is -0.134 e. The van der Waals surface area contributed by atoms with E-state index in [1.807, 2.05) is 24.3 Å². The van der Waals surface area contributed by atoms with Crippen molar-refractivity contribution >= 4 is 21.4 Å². The quantitative estimate of drug-likeness (QED) is 0.516. The zero-order chi connectivity index (χ0) is 7.68. The Hall–Kier alpha value is -1.26. The third-order valence-electron chi connectivity index (χ3n) is 1.56. The van der Waals surface area contributed by atoms with E-state index in [0.29, 0.717) is 0 Å². The molecule has 1 heterocycles. The first-order chi connectivity index (χ1) is 5.40. The van der Waals surface area contributed by atoms with Gasteiger partial charge in [-0.05, 0) is 23.6 Å². The van der Waals surface area contributed by atoms with E-state index in [2.05, 4.69) is 11.3 Å². The highest BCUT2D eigenvalue weighted by Gasteiger charge is 1.93. The molecule has 51 valence electrons. The first-order valence-corrected chi connectivity index (χ1v) is 4.08. The van der Waals surface area contributed by atoms with Gasteiger partial charge in [0.05, 0.1) is 0 Å². The molecule has 0 saturated carbocycles. The van der Waals surface area contributed by atoms with E-state index >= 15 is 0 Å². The second kappa shape index (κ2) is 2.41. The fraction of sp³-hybridized carbons (Fsp3) is 0. The lowest BCUT2D eigenvalue weighted by atomic mass is 10.2. The molecular weight excluding hydrogens is 152 g/mol. The fourth-order valence-electron chi connectivity index (χ4n) is 0.988. The molecule has 0 nitrogen and oxygen atoms in total. The maximum absolute atomic E-state index is 5.25. The summed E-state index contributed by atoms with van der Waals surface area (Å²) < 4.78 is 1.21. The van der Waals surface area contributed by atoms with Gasteiger partial charge in [0, 0.05) is 15.6 Å². The molecule has 1 heteroatoms. The van der Waals surface area contributed by atoms with E-state index in [4.69, 9.17) is 6.42 Å². The summed E-state index contributed by atoms with van der Waals surface area (Å²) in [4.78, 5) is 0. The van der Waals surface area contributed by atoms with Crippen LogP contribution in [0.1, 0.15) is 5.56 Å². The lowest BCUT2D eigenvalue weighted by Crippen LogP contribution is -1.69. The van der Waals surface area contributed by atoms with Crippen molar-refractivity contribution in [3.8, 4) is 12.3 Å². The summed E-state index contributed by atoms with van der Waals surface area (Å²) in [7, 11) is 0. The SMILES string of the molecule is C#Cc1ccc2c[c]sc2c1. The molecule has 0 fully saturated rings. The lowest BCUT2D eigenvalue weighted by molar-refractivity contribution is 1.76. The molecule has 0 amide bonds. The molecular formula is C10H5S. The van der Waals surface area contributed by atoms with Crippen LogP contribution in [0.5, 0.6) is 0 Å². The number of terminal acetylenes is 1. The molecule has 2 aromatic rings. The maximum Gasteiger partial charge on any atom is 0.0455 e. The summed E-state index contributed by atoms with van der Waals surface area (Å²) in [5.74, 6) is 2.60. The molecule has 1 aromatic heterocycles. The van der Waals surface area contributed by atoms with Gasteiger partial charge < -0.3 is 0 Å². The second-order valence-electron chi connectivity index (χ2n) is 2.26. The van der Waals surface area contributed by atoms with Crippen LogP contribution in [0.25, 0.3) is 10.1 Å². The molecule has 0 aliphatic heterocycles. The Morgan fingerprint density at radius 2 is 2.36 bits per heavy atom. The van der Waals surface area contributed by atoms with Crippen molar-refractivity contribution in [3.63, 3.8) is 0 Å². The van der Waals surface area contributed by atoms with Gasteiger partial charge in [-0.3, -0.25) is 0 Å². The van der Waals surface area contributed by atoms with E-state index < -0.39 is 0 Å². The first-order valence-electron chi connectivity index (χ1n) is 3.26. The second-order valence-corrected chi connectivity index (χ2v) is 3.14. The summed E-state index contributed by atoms with van der Waals surface area (Å²) >= 11 is 1.60. The maximum atomic E-state index is 5.25. The van der Waals surface area contributed by atoms with Gasteiger partial charge in [0.1, 0.15) is 0 Å². The minimum atomic E-state index is 0.938. The number of hydrogen-bond acceptors (Lipinski definition) is 1. The molecule has 0 spiro atoms. The van der Waals surface area contributed by atoms with Gasteiger partial charge in [-0.25, -0.2) is 0 Å². The van der Waals surface area contributed by atoms with Crippen LogP contribution in [0.2, 0.25) is 0 Å². The van der Waals surface area contributed by atoms with Crippen LogP contribution in [0, 0.1) is 17.7 Å².